The summed E-state index contributed by atoms with van der Waals surface area (Å²) in [4.78, 5) is 20.5. The van der Waals surface area contributed by atoms with Crippen LogP contribution in [0.5, 0.6) is 0 Å². The zero-order valence-electron chi connectivity index (χ0n) is 20.0. The van der Waals surface area contributed by atoms with Crippen molar-refractivity contribution in [2.45, 2.75) is 12.5 Å². The van der Waals surface area contributed by atoms with E-state index in [1.54, 1.807) is 18.2 Å². The Kier molecular flexibility index (Phi) is 6.86. The highest BCUT2D eigenvalue weighted by Gasteiger charge is 2.35. The summed E-state index contributed by atoms with van der Waals surface area (Å²) in [5.74, 6) is -0.884. The van der Waals surface area contributed by atoms with E-state index in [0.29, 0.717) is 22.6 Å². The second-order valence-electron chi connectivity index (χ2n) is 9.02. The van der Waals surface area contributed by atoms with Gasteiger partial charge in [-0.25, -0.2) is 8.42 Å². The molecule has 186 valence electrons. The normalized spacial score (nSPS) is 18.5. The van der Waals surface area contributed by atoms with Crippen LogP contribution in [0.2, 0.25) is 0 Å². The van der Waals surface area contributed by atoms with Crippen LogP contribution in [-0.4, -0.2) is 57.5 Å². The molecule has 8 nitrogen and oxygen atoms in total. The first kappa shape index (κ1) is 24.2. The SMILES string of the molecule is CS(=O)(=O)Nc1ccc2c(c1)C(C(=Nc1ccc(CN3CCOCC3)cc1)c1ccccc1)C(=O)N2. The lowest BCUT2D eigenvalue weighted by atomic mass is 9.90. The fraction of sp³-hybridized carbons (Fsp3) is 0.259. The summed E-state index contributed by atoms with van der Waals surface area (Å²) in [6, 6.07) is 22.7. The number of hydrogen-bond donors (Lipinski definition) is 2. The minimum absolute atomic E-state index is 0.201. The van der Waals surface area contributed by atoms with Gasteiger partial charge >= 0.3 is 0 Å². The van der Waals surface area contributed by atoms with Crippen molar-refractivity contribution in [3.05, 3.63) is 89.5 Å². The molecule has 3 aromatic carbocycles. The number of carbonyl (C=O) groups excluding carboxylic acids is 1. The Morgan fingerprint density at radius 1 is 1.06 bits per heavy atom. The highest BCUT2D eigenvalue weighted by molar-refractivity contribution is 7.92. The Hall–Kier alpha value is -3.53. The average Bonchev–Trinajstić information content (AvgIpc) is 3.18. The molecule has 36 heavy (non-hydrogen) atoms. The molecule has 0 bridgehead atoms. The number of ether oxygens (including phenoxy) is 1. The van der Waals surface area contributed by atoms with E-state index in [2.05, 4.69) is 27.1 Å². The van der Waals surface area contributed by atoms with Crippen molar-refractivity contribution < 1.29 is 17.9 Å². The lowest BCUT2D eigenvalue weighted by Crippen LogP contribution is -2.35. The van der Waals surface area contributed by atoms with E-state index in [4.69, 9.17) is 9.73 Å². The predicted octanol–water partition coefficient (Wildman–Crippen LogP) is 3.75. The molecule has 2 heterocycles. The summed E-state index contributed by atoms with van der Waals surface area (Å²) < 4.78 is 31.5. The number of fused-ring (bicyclic) bond motifs is 1. The topological polar surface area (TPSA) is 100 Å². The molecular formula is C27H28N4O4S. The maximum Gasteiger partial charge on any atom is 0.238 e. The van der Waals surface area contributed by atoms with Gasteiger partial charge in [0.2, 0.25) is 15.9 Å². The van der Waals surface area contributed by atoms with E-state index in [-0.39, 0.29) is 5.91 Å². The second kappa shape index (κ2) is 10.2. The molecule has 3 aromatic rings. The Morgan fingerprint density at radius 3 is 2.47 bits per heavy atom. The van der Waals surface area contributed by atoms with Gasteiger partial charge in [0.05, 0.1) is 30.9 Å². The minimum Gasteiger partial charge on any atom is -0.379 e. The molecule has 1 amide bonds. The molecule has 2 N–H and O–H groups in total. The molecule has 0 spiro atoms. The third-order valence-corrected chi connectivity index (χ3v) is 6.83. The standard InChI is InChI=1S/C27H28N4O4S/c1-36(33,34)30-22-11-12-24-23(17-22)25(27(32)29-24)26(20-5-3-2-4-6-20)28-21-9-7-19(8-10-21)18-31-13-15-35-16-14-31/h2-12,17,25,30H,13-16,18H2,1H3,(H,29,32). The summed E-state index contributed by atoms with van der Waals surface area (Å²) in [5.41, 5.74) is 5.09. The van der Waals surface area contributed by atoms with E-state index in [1.165, 1.54) is 5.56 Å². The zero-order chi connectivity index (χ0) is 25.1. The fourth-order valence-corrected chi connectivity index (χ4v) is 5.10. The molecule has 0 aliphatic carbocycles. The number of anilines is 2. The molecule has 2 aliphatic heterocycles. The summed E-state index contributed by atoms with van der Waals surface area (Å²) in [6.45, 7) is 4.21. The third kappa shape index (κ3) is 5.64. The minimum atomic E-state index is -3.46. The number of hydrogen-bond acceptors (Lipinski definition) is 6. The molecule has 0 aromatic heterocycles. The molecule has 1 fully saturated rings. The van der Waals surface area contributed by atoms with E-state index in [1.807, 2.05) is 42.5 Å². The summed E-state index contributed by atoms with van der Waals surface area (Å²) in [6.07, 6.45) is 1.10. The smallest absolute Gasteiger partial charge is 0.238 e. The number of morpholine rings is 1. The van der Waals surface area contributed by atoms with Crippen molar-refractivity contribution in [3.63, 3.8) is 0 Å². The van der Waals surface area contributed by atoms with Gasteiger partial charge in [-0.15, -0.1) is 0 Å². The number of nitrogens with one attached hydrogen (secondary N) is 2. The molecule has 1 atom stereocenters. The highest BCUT2D eigenvalue weighted by Crippen LogP contribution is 2.38. The zero-order valence-corrected chi connectivity index (χ0v) is 20.8. The van der Waals surface area contributed by atoms with Gasteiger partial charge < -0.3 is 10.1 Å². The monoisotopic (exact) mass is 504 g/mol. The van der Waals surface area contributed by atoms with Gasteiger partial charge in [0.15, 0.2) is 0 Å². The first-order valence-corrected chi connectivity index (χ1v) is 13.7. The van der Waals surface area contributed by atoms with Crippen molar-refractivity contribution in [1.82, 2.24) is 4.90 Å². The Bertz CT molecular complexity index is 1380. The highest BCUT2D eigenvalue weighted by atomic mass is 32.2. The van der Waals surface area contributed by atoms with Crippen LogP contribution >= 0.6 is 0 Å². The van der Waals surface area contributed by atoms with Crippen molar-refractivity contribution in [1.29, 1.82) is 0 Å². The summed E-state index contributed by atoms with van der Waals surface area (Å²) >= 11 is 0. The van der Waals surface area contributed by atoms with Crippen LogP contribution in [0.3, 0.4) is 0 Å². The molecule has 0 saturated carbocycles. The first-order chi connectivity index (χ1) is 17.4. The van der Waals surface area contributed by atoms with E-state index in [0.717, 1.165) is 50.4 Å². The molecule has 5 rings (SSSR count). The molecule has 1 unspecified atom stereocenters. The molecule has 1 saturated heterocycles. The number of carbonyl (C=O) groups is 1. The third-order valence-electron chi connectivity index (χ3n) is 6.22. The van der Waals surface area contributed by atoms with Crippen molar-refractivity contribution in [2.75, 3.05) is 42.6 Å². The maximum absolute atomic E-state index is 13.2. The van der Waals surface area contributed by atoms with Gasteiger partial charge in [-0.1, -0.05) is 42.5 Å². The predicted molar refractivity (Wildman–Crippen MR) is 141 cm³/mol. The molecular weight excluding hydrogens is 476 g/mol. The largest absolute Gasteiger partial charge is 0.379 e. The number of aliphatic imine (C=N–C) groups is 1. The van der Waals surface area contributed by atoms with Crippen LogP contribution in [0.25, 0.3) is 0 Å². The summed E-state index contributed by atoms with van der Waals surface area (Å²) in [7, 11) is -3.46. The number of nitrogens with zero attached hydrogens (tertiary/aromatic N) is 2. The number of benzene rings is 3. The quantitative estimate of drug-likeness (QED) is 0.478. The molecule has 9 heteroatoms. The second-order valence-corrected chi connectivity index (χ2v) is 10.8. The van der Waals surface area contributed by atoms with Crippen LogP contribution in [-0.2, 0) is 26.1 Å². The first-order valence-electron chi connectivity index (χ1n) is 11.8. The van der Waals surface area contributed by atoms with Crippen LogP contribution in [0.1, 0.15) is 22.6 Å². The van der Waals surface area contributed by atoms with Gasteiger partial charge in [0.25, 0.3) is 0 Å². The van der Waals surface area contributed by atoms with E-state index >= 15 is 0 Å². The maximum atomic E-state index is 13.2. The molecule has 2 aliphatic rings. The lowest BCUT2D eigenvalue weighted by Gasteiger charge is -2.26. The Labute approximate surface area is 211 Å². The number of sulfonamides is 1. The summed E-state index contributed by atoms with van der Waals surface area (Å²) in [5, 5.41) is 2.92. The van der Waals surface area contributed by atoms with E-state index in [9.17, 15) is 13.2 Å². The molecule has 0 radical (unpaired) electrons. The van der Waals surface area contributed by atoms with Gasteiger partial charge in [-0.2, -0.15) is 0 Å². The number of amides is 1. The van der Waals surface area contributed by atoms with Crippen molar-refractivity contribution in [2.24, 2.45) is 4.99 Å². The Morgan fingerprint density at radius 2 is 1.78 bits per heavy atom. The van der Waals surface area contributed by atoms with Crippen LogP contribution in [0.15, 0.2) is 77.8 Å². The van der Waals surface area contributed by atoms with Crippen LogP contribution < -0.4 is 10.0 Å². The van der Waals surface area contributed by atoms with Crippen molar-refractivity contribution >= 4 is 38.7 Å². The van der Waals surface area contributed by atoms with Gasteiger partial charge in [0.1, 0.15) is 5.92 Å². The van der Waals surface area contributed by atoms with Gasteiger partial charge in [0, 0.05) is 31.0 Å². The lowest BCUT2D eigenvalue weighted by molar-refractivity contribution is -0.115. The van der Waals surface area contributed by atoms with Crippen molar-refractivity contribution in [3.8, 4) is 0 Å². The van der Waals surface area contributed by atoms with Gasteiger partial charge in [-0.3, -0.25) is 19.4 Å². The van der Waals surface area contributed by atoms with E-state index < -0.39 is 15.9 Å². The van der Waals surface area contributed by atoms with Crippen LogP contribution in [0.4, 0.5) is 17.1 Å². The Balaban J connectivity index is 1.49. The van der Waals surface area contributed by atoms with Crippen LogP contribution in [0, 0.1) is 0 Å². The number of rotatable bonds is 7. The average molecular weight is 505 g/mol. The fourth-order valence-electron chi connectivity index (χ4n) is 4.55. The van der Waals surface area contributed by atoms with Gasteiger partial charge in [-0.05, 0) is 47.0 Å².